The van der Waals surface area contributed by atoms with Gasteiger partial charge in [-0.3, -0.25) is 4.79 Å². The first-order valence-electron chi connectivity index (χ1n) is 4.69. The summed E-state index contributed by atoms with van der Waals surface area (Å²) in [6, 6.07) is 1.43. The molecule has 0 aliphatic heterocycles. The Bertz CT molecular complexity index is 370. The van der Waals surface area contributed by atoms with Crippen molar-refractivity contribution in [2.24, 2.45) is 0 Å². The lowest BCUT2D eigenvalue weighted by Crippen LogP contribution is -2.43. The Morgan fingerprint density at radius 1 is 1.64 bits per heavy atom. The molecule has 0 radical (unpaired) electrons. The first-order valence-corrected chi connectivity index (χ1v) is 4.69. The number of aromatic nitrogens is 2. The largest absolute Gasteiger partial charge is 0.388 e. The van der Waals surface area contributed by atoms with E-state index in [1.54, 1.807) is 0 Å². The molecule has 14 heavy (non-hydrogen) atoms. The summed E-state index contributed by atoms with van der Waals surface area (Å²) in [5.41, 5.74) is -0.174. The molecule has 1 fully saturated rings. The van der Waals surface area contributed by atoms with Crippen LogP contribution in [0, 0.1) is 0 Å². The van der Waals surface area contributed by atoms with Crippen LogP contribution in [-0.4, -0.2) is 27.4 Å². The molecule has 1 aliphatic rings. The van der Waals surface area contributed by atoms with Gasteiger partial charge in [0.1, 0.15) is 0 Å². The summed E-state index contributed by atoms with van der Waals surface area (Å²) in [5.74, 6) is 0. The Balaban J connectivity index is 1.94. The van der Waals surface area contributed by atoms with Crippen molar-refractivity contribution in [3.8, 4) is 0 Å². The molecule has 1 heterocycles. The molecule has 0 aromatic carbocycles. The Kier molecular flexibility index (Phi) is 2.25. The Hall–Kier alpha value is -1.36. The molecule has 1 aromatic rings. The molecule has 3 N–H and O–H groups in total. The highest BCUT2D eigenvalue weighted by atomic mass is 16.3. The molecule has 1 aromatic heterocycles. The number of H-pyrrole nitrogens is 1. The fourth-order valence-corrected chi connectivity index (χ4v) is 1.50. The normalized spacial score (nSPS) is 18.6. The summed E-state index contributed by atoms with van der Waals surface area (Å²) in [7, 11) is 0. The summed E-state index contributed by atoms with van der Waals surface area (Å²) in [6.45, 7) is 0.484. The van der Waals surface area contributed by atoms with Gasteiger partial charge in [-0.25, -0.2) is 5.10 Å². The molecular formula is C9H13N3O2. The maximum atomic E-state index is 10.9. The van der Waals surface area contributed by atoms with Crippen molar-refractivity contribution in [3.63, 3.8) is 0 Å². The Morgan fingerprint density at radius 3 is 3.00 bits per heavy atom. The van der Waals surface area contributed by atoms with Crippen molar-refractivity contribution >= 4 is 5.69 Å². The first-order chi connectivity index (χ1) is 6.68. The van der Waals surface area contributed by atoms with Crippen LogP contribution in [0.2, 0.25) is 0 Å². The minimum Gasteiger partial charge on any atom is -0.388 e. The van der Waals surface area contributed by atoms with Crippen LogP contribution >= 0.6 is 0 Å². The van der Waals surface area contributed by atoms with Gasteiger partial charge in [-0.05, 0) is 19.3 Å². The third kappa shape index (κ3) is 1.93. The van der Waals surface area contributed by atoms with Crippen molar-refractivity contribution in [3.05, 3.63) is 22.6 Å². The number of hydrogen-bond acceptors (Lipinski definition) is 4. The minimum atomic E-state index is -0.581. The SMILES string of the molecule is O=c1cc(NCC2(O)CCC2)cn[nH]1. The van der Waals surface area contributed by atoms with Crippen LogP contribution < -0.4 is 10.9 Å². The van der Waals surface area contributed by atoms with E-state index in [-0.39, 0.29) is 5.56 Å². The van der Waals surface area contributed by atoms with Crippen LogP contribution in [0.5, 0.6) is 0 Å². The minimum absolute atomic E-state index is 0.240. The van der Waals surface area contributed by atoms with Crippen LogP contribution in [0.1, 0.15) is 19.3 Å². The van der Waals surface area contributed by atoms with E-state index in [1.165, 1.54) is 12.3 Å². The molecule has 1 saturated carbocycles. The fourth-order valence-electron chi connectivity index (χ4n) is 1.50. The van der Waals surface area contributed by atoms with Crippen LogP contribution in [0.25, 0.3) is 0 Å². The van der Waals surface area contributed by atoms with E-state index in [2.05, 4.69) is 15.5 Å². The predicted octanol–water partition coefficient (Wildman–Crippen LogP) is 0.0968. The molecule has 0 atom stereocenters. The van der Waals surface area contributed by atoms with Crippen molar-refractivity contribution in [1.29, 1.82) is 0 Å². The highest BCUT2D eigenvalue weighted by Gasteiger charge is 2.33. The highest BCUT2D eigenvalue weighted by Crippen LogP contribution is 2.31. The number of aliphatic hydroxyl groups is 1. The first kappa shape index (κ1) is 9.21. The second-order valence-electron chi connectivity index (χ2n) is 3.77. The molecule has 0 unspecified atom stereocenters. The second kappa shape index (κ2) is 3.42. The molecular weight excluding hydrogens is 182 g/mol. The summed E-state index contributed by atoms with van der Waals surface area (Å²) >= 11 is 0. The van der Waals surface area contributed by atoms with Gasteiger partial charge in [-0.1, -0.05) is 0 Å². The standard InChI is InChI=1S/C9H13N3O2/c13-8-4-7(5-11-12-8)10-6-9(14)2-1-3-9/h4-5,14H,1-3,6H2,(H2,10,12,13). The maximum absolute atomic E-state index is 10.9. The van der Waals surface area contributed by atoms with E-state index in [1.807, 2.05) is 0 Å². The lowest BCUT2D eigenvalue weighted by atomic mass is 9.80. The lowest BCUT2D eigenvalue weighted by molar-refractivity contribution is -0.0202. The summed E-state index contributed by atoms with van der Waals surface area (Å²) in [6.07, 6.45) is 4.27. The average Bonchev–Trinajstić information content (AvgIpc) is 2.12. The topological polar surface area (TPSA) is 78.0 Å². The molecule has 0 spiro atoms. The zero-order chi connectivity index (χ0) is 10.0. The van der Waals surface area contributed by atoms with Crippen LogP contribution in [0.4, 0.5) is 5.69 Å². The molecule has 0 saturated heterocycles. The zero-order valence-corrected chi connectivity index (χ0v) is 7.79. The van der Waals surface area contributed by atoms with Crippen molar-refractivity contribution in [2.45, 2.75) is 24.9 Å². The Morgan fingerprint density at radius 2 is 2.43 bits per heavy atom. The lowest BCUT2D eigenvalue weighted by Gasteiger charge is -2.36. The quantitative estimate of drug-likeness (QED) is 0.639. The van der Waals surface area contributed by atoms with Crippen LogP contribution in [-0.2, 0) is 0 Å². The molecule has 5 nitrogen and oxygen atoms in total. The van der Waals surface area contributed by atoms with E-state index < -0.39 is 5.60 Å². The molecule has 2 rings (SSSR count). The van der Waals surface area contributed by atoms with Crippen molar-refractivity contribution < 1.29 is 5.11 Å². The van der Waals surface area contributed by atoms with E-state index >= 15 is 0 Å². The van der Waals surface area contributed by atoms with E-state index in [9.17, 15) is 9.90 Å². The summed E-state index contributed by atoms with van der Waals surface area (Å²) < 4.78 is 0. The third-order valence-electron chi connectivity index (χ3n) is 2.57. The number of rotatable bonds is 3. The van der Waals surface area contributed by atoms with Gasteiger partial charge >= 0.3 is 0 Å². The van der Waals surface area contributed by atoms with Crippen LogP contribution in [0.15, 0.2) is 17.1 Å². The van der Waals surface area contributed by atoms with Gasteiger partial charge in [-0.2, -0.15) is 5.10 Å². The molecule has 76 valence electrons. The number of aromatic amines is 1. The second-order valence-corrected chi connectivity index (χ2v) is 3.77. The van der Waals surface area contributed by atoms with Gasteiger partial charge < -0.3 is 10.4 Å². The van der Waals surface area contributed by atoms with Gasteiger partial charge in [0.05, 0.1) is 17.5 Å². The van der Waals surface area contributed by atoms with Gasteiger partial charge in [-0.15, -0.1) is 0 Å². The van der Waals surface area contributed by atoms with Gasteiger partial charge in [0.2, 0.25) is 0 Å². The number of nitrogens with one attached hydrogen (secondary N) is 2. The van der Waals surface area contributed by atoms with Crippen molar-refractivity contribution in [2.75, 3.05) is 11.9 Å². The smallest absolute Gasteiger partial charge is 0.266 e. The van der Waals surface area contributed by atoms with Gasteiger partial charge in [0, 0.05) is 12.6 Å². The zero-order valence-electron chi connectivity index (χ0n) is 7.79. The number of anilines is 1. The predicted molar refractivity (Wildman–Crippen MR) is 52.1 cm³/mol. The molecule has 0 bridgehead atoms. The fraction of sp³-hybridized carbons (Fsp3) is 0.556. The monoisotopic (exact) mass is 195 g/mol. The molecule has 0 amide bonds. The highest BCUT2D eigenvalue weighted by molar-refractivity contribution is 5.39. The number of hydrogen-bond donors (Lipinski definition) is 3. The van der Waals surface area contributed by atoms with Crippen molar-refractivity contribution in [1.82, 2.24) is 10.2 Å². The van der Waals surface area contributed by atoms with E-state index in [0.717, 1.165) is 19.3 Å². The van der Waals surface area contributed by atoms with Gasteiger partial charge in [0.25, 0.3) is 5.56 Å². The third-order valence-corrected chi connectivity index (χ3v) is 2.57. The number of nitrogens with zero attached hydrogens (tertiary/aromatic N) is 1. The summed E-state index contributed by atoms with van der Waals surface area (Å²) in [5, 5.41) is 18.7. The van der Waals surface area contributed by atoms with E-state index in [4.69, 9.17) is 0 Å². The summed E-state index contributed by atoms with van der Waals surface area (Å²) in [4.78, 5) is 10.9. The van der Waals surface area contributed by atoms with Gasteiger partial charge in [0.15, 0.2) is 0 Å². The van der Waals surface area contributed by atoms with Crippen LogP contribution in [0.3, 0.4) is 0 Å². The average molecular weight is 195 g/mol. The molecule has 1 aliphatic carbocycles. The van der Waals surface area contributed by atoms with E-state index in [0.29, 0.717) is 12.2 Å². The molecule has 5 heteroatoms. The maximum Gasteiger partial charge on any atom is 0.266 e. The Labute approximate surface area is 81.2 Å².